The summed E-state index contributed by atoms with van der Waals surface area (Å²) in [6.45, 7) is 3.40. The highest BCUT2D eigenvalue weighted by Gasteiger charge is 2.23. The Morgan fingerprint density at radius 2 is 1.84 bits per heavy atom. The number of nitro benzene ring substituents is 1. The first-order chi connectivity index (χ1) is 18.3. The van der Waals surface area contributed by atoms with Crippen molar-refractivity contribution in [3.63, 3.8) is 0 Å². The maximum Gasteiger partial charge on any atom is 0.363 e. The van der Waals surface area contributed by atoms with Gasteiger partial charge in [-0.05, 0) is 43.0 Å². The average Bonchev–Trinajstić information content (AvgIpc) is 3.30. The van der Waals surface area contributed by atoms with Crippen LogP contribution >= 0.6 is 0 Å². The molecule has 9 nitrogen and oxygen atoms in total. The molecule has 0 saturated heterocycles. The number of hydrogen-bond acceptors (Lipinski definition) is 7. The number of carbonyl (C=O) groups excluding carboxylic acids is 2. The smallest absolute Gasteiger partial charge is 0.363 e. The fraction of sp³-hybridized carbons (Fsp3) is 0.207. The van der Waals surface area contributed by atoms with Gasteiger partial charge in [-0.25, -0.2) is 4.79 Å². The molecule has 1 unspecified atom stereocenters. The Morgan fingerprint density at radius 1 is 1.11 bits per heavy atom. The third-order valence-corrected chi connectivity index (χ3v) is 6.40. The molecule has 0 radical (unpaired) electrons. The number of benzene rings is 3. The topological polar surface area (TPSA) is 135 Å². The van der Waals surface area contributed by atoms with Crippen LogP contribution in [0.2, 0.25) is 0 Å². The van der Waals surface area contributed by atoms with Crippen molar-refractivity contribution in [1.29, 1.82) is 5.26 Å². The van der Waals surface area contributed by atoms with Gasteiger partial charge < -0.3 is 9.25 Å². The van der Waals surface area contributed by atoms with Gasteiger partial charge in [0.1, 0.15) is 11.7 Å². The van der Waals surface area contributed by atoms with E-state index in [0.717, 1.165) is 28.5 Å². The Kier molecular flexibility index (Phi) is 7.83. The van der Waals surface area contributed by atoms with E-state index in [2.05, 4.69) is 11.5 Å². The number of fused-ring (bicyclic) bond motifs is 1. The largest absolute Gasteiger partial charge is 0.445 e. The number of carbonyl (C=O) groups is 2. The summed E-state index contributed by atoms with van der Waals surface area (Å²) in [6.07, 6.45) is 1.71. The number of hydrogen-bond donors (Lipinski definition) is 1. The van der Waals surface area contributed by atoms with E-state index in [9.17, 15) is 25.0 Å². The van der Waals surface area contributed by atoms with E-state index in [1.807, 2.05) is 55.5 Å². The van der Waals surface area contributed by atoms with Crippen LogP contribution in [-0.2, 0) is 16.1 Å². The fourth-order valence-corrected chi connectivity index (χ4v) is 4.45. The molecule has 3 aromatic carbocycles. The number of nitrogens with zero attached hydrogens (tertiary/aromatic N) is 2. The van der Waals surface area contributed by atoms with E-state index in [4.69, 9.17) is 9.25 Å². The molecule has 1 N–H and O–H groups in total. The van der Waals surface area contributed by atoms with Crippen LogP contribution in [0, 0.1) is 34.3 Å². The Balaban J connectivity index is 1.46. The van der Waals surface area contributed by atoms with Crippen molar-refractivity contribution < 1.29 is 23.8 Å². The van der Waals surface area contributed by atoms with Gasteiger partial charge in [0.05, 0.1) is 10.5 Å². The van der Waals surface area contributed by atoms with Gasteiger partial charge in [-0.3, -0.25) is 14.9 Å². The maximum absolute atomic E-state index is 12.9. The molecular weight excluding hydrogens is 486 g/mol. The van der Waals surface area contributed by atoms with Crippen LogP contribution in [0.5, 0.6) is 0 Å². The minimum Gasteiger partial charge on any atom is -0.445 e. The van der Waals surface area contributed by atoms with Crippen molar-refractivity contribution in [1.82, 2.24) is 5.48 Å². The second-order valence-corrected chi connectivity index (χ2v) is 8.86. The number of para-hydroxylation sites is 1. The van der Waals surface area contributed by atoms with E-state index >= 15 is 0 Å². The number of nitriles is 1. The molecule has 0 bridgehead atoms. The number of rotatable bonds is 8. The maximum atomic E-state index is 12.9. The summed E-state index contributed by atoms with van der Waals surface area (Å²) in [6, 6.07) is 21.2. The van der Waals surface area contributed by atoms with E-state index in [1.165, 1.54) is 25.1 Å². The van der Waals surface area contributed by atoms with E-state index in [0.29, 0.717) is 18.4 Å². The molecule has 1 aromatic heterocycles. The molecule has 1 atom stereocenters. The lowest BCUT2D eigenvalue weighted by atomic mass is 9.93. The lowest BCUT2D eigenvalue weighted by Crippen LogP contribution is -2.34. The van der Waals surface area contributed by atoms with Crippen molar-refractivity contribution in [3.8, 4) is 17.2 Å². The summed E-state index contributed by atoms with van der Waals surface area (Å²) in [5.74, 6) is -1.56. The minimum absolute atomic E-state index is 0.00522. The van der Waals surface area contributed by atoms with Gasteiger partial charge in [0.15, 0.2) is 0 Å². The summed E-state index contributed by atoms with van der Waals surface area (Å²) in [5, 5.41) is 21.5. The van der Waals surface area contributed by atoms with Crippen molar-refractivity contribution in [2.24, 2.45) is 5.92 Å². The Hall–Kier alpha value is -4.97. The van der Waals surface area contributed by atoms with Crippen molar-refractivity contribution in [3.05, 3.63) is 99.3 Å². The van der Waals surface area contributed by atoms with Crippen LogP contribution in [0.25, 0.3) is 22.1 Å². The third kappa shape index (κ3) is 5.39. The van der Waals surface area contributed by atoms with Crippen LogP contribution in [0.3, 0.4) is 0 Å². The summed E-state index contributed by atoms with van der Waals surface area (Å²) >= 11 is 0. The van der Waals surface area contributed by atoms with Crippen molar-refractivity contribution in [2.45, 2.75) is 33.1 Å². The molecule has 0 saturated carbocycles. The first kappa shape index (κ1) is 26.1. The van der Waals surface area contributed by atoms with Crippen molar-refractivity contribution >= 4 is 28.5 Å². The molecular formula is C29H25N3O6. The normalized spacial score (nSPS) is 11.5. The van der Waals surface area contributed by atoms with Gasteiger partial charge in [-0.15, -0.1) is 0 Å². The van der Waals surface area contributed by atoms with E-state index in [1.54, 1.807) is 0 Å². The SMILES string of the molecule is CCCC(Cc1ccc(-c2c(C#N)oc3ccccc23)cc1)C(=O)NOC(=O)c1cccc([N+](=O)[O-])c1C. The number of nitro groups is 1. The first-order valence-electron chi connectivity index (χ1n) is 12.1. The van der Waals surface area contributed by atoms with Gasteiger partial charge >= 0.3 is 5.97 Å². The monoisotopic (exact) mass is 511 g/mol. The van der Waals surface area contributed by atoms with E-state index in [-0.39, 0.29) is 22.6 Å². The lowest BCUT2D eigenvalue weighted by Gasteiger charge is -2.16. The molecule has 4 aromatic rings. The summed E-state index contributed by atoms with van der Waals surface area (Å²) < 4.78 is 5.68. The van der Waals surface area contributed by atoms with Gasteiger partial charge in [0.25, 0.3) is 11.6 Å². The van der Waals surface area contributed by atoms with Crippen LogP contribution in [-0.4, -0.2) is 16.8 Å². The van der Waals surface area contributed by atoms with Crippen LogP contribution < -0.4 is 5.48 Å². The predicted octanol–water partition coefficient (Wildman–Crippen LogP) is 6.04. The molecule has 192 valence electrons. The molecule has 0 aliphatic heterocycles. The highest BCUT2D eigenvalue weighted by atomic mass is 16.7. The Labute approximate surface area is 218 Å². The molecule has 0 aliphatic carbocycles. The number of nitrogens with one attached hydrogen (secondary N) is 1. The summed E-state index contributed by atoms with van der Waals surface area (Å²) in [7, 11) is 0. The molecule has 0 aliphatic rings. The minimum atomic E-state index is -0.875. The molecule has 38 heavy (non-hydrogen) atoms. The van der Waals surface area contributed by atoms with Crippen LogP contribution in [0.15, 0.2) is 71.1 Å². The second-order valence-electron chi connectivity index (χ2n) is 8.86. The predicted molar refractivity (Wildman–Crippen MR) is 140 cm³/mol. The van der Waals surface area contributed by atoms with Gasteiger partial charge in [-0.1, -0.05) is 61.9 Å². The van der Waals surface area contributed by atoms with Crippen molar-refractivity contribution in [2.75, 3.05) is 0 Å². The van der Waals surface area contributed by atoms with Crippen LogP contribution in [0.4, 0.5) is 5.69 Å². The molecule has 9 heteroatoms. The molecule has 0 fully saturated rings. The van der Waals surface area contributed by atoms with Gasteiger partial charge in [0.2, 0.25) is 5.76 Å². The summed E-state index contributed by atoms with van der Waals surface area (Å²) in [4.78, 5) is 40.9. The number of furan rings is 1. The summed E-state index contributed by atoms with van der Waals surface area (Å²) in [5.41, 5.74) is 5.27. The van der Waals surface area contributed by atoms with Gasteiger partial charge in [-0.2, -0.15) is 10.7 Å². The lowest BCUT2D eigenvalue weighted by molar-refractivity contribution is -0.385. The molecule has 1 amide bonds. The quantitative estimate of drug-likeness (QED) is 0.225. The van der Waals surface area contributed by atoms with E-state index < -0.39 is 22.7 Å². The highest BCUT2D eigenvalue weighted by molar-refractivity contribution is 5.97. The Bertz CT molecular complexity index is 1550. The van der Waals surface area contributed by atoms with Crippen LogP contribution in [0.1, 0.15) is 47.0 Å². The third-order valence-electron chi connectivity index (χ3n) is 6.40. The average molecular weight is 512 g/mol. The number of amides is 1. The zero-order valence-corrected chi connectivity index (χ0v) is 20.9. The first-order valence-corrected chi connectivity index (χ1v) is 12.1. The molecule has 4 rings (SSSR count). The number of hydroxylamine groups is 1. The standard InChI is InChI=1S/C29H25N3O6/c1-3-7-21(28(33)31-38-29(34)22-9-6-10-24(18(22)2)32(35)36)16-19-12-14-20(15-13-19)27-23-8-4-5-11-25(23)37-26(27)17-30/h4-6,8-15,21H,3,7,16H2,1-2H3,(H,31,33). The fourth-order valence-electron chi connectivity index (χ4n) is 4.45. The highest BCUT2D eigenvalue weighted by Crippen LogP contribution is 2.34. The Morgan fingerprint density at radius 3 is 2.53 bits per heavy atom. The second kappa shape index (κ2) is 11.4. The van der Waals surface area contributed by atoms with Gasteiger partial charge in [0, 0.05) is 28.5 Å². The molecule has 1 heterocycles. The zero-order chi connectivity index (χ0) is 27.2. The molecule has 0 spiro atoms. The zero-order valence-electron chi connectivity index (χ0n) is 20.9.